The molecule has 2 aromatic carbocycles. The number of nitrogens with zero attached hydrogens (tertiary/aromatic N) is 1. The monoisotopic (exact) mass is 393 g/mol. The van der Waals surface area contributed by atoms with Gasteiger partial charge in [-0.2, -0.15) is 0 Å². The van der Waals surface area contributed by atoms with Gasteiger partial charge in [-0.15, -0.1) is 0 Å². The summed E-state index contributed by atoms with van der Waals surface area (Å²) in [6, 6.07) is 14.6. The highest BCUT2D eigenvalue weighted by atomic mass is 127. The number of allylic oxidation sites excluding steroid dienone is 1. The third-order valence-corrected chi connectivity index (χ3v) is 3.80. The highest BCUT2D eigenvalue weighted by Gasteiger charge is 2.06. The minimum Gasteiger partial charge on any atom is -0.507 e. The van der Waals surface area contributed by atoms with Gasteiger partial charge in [0.1, 0.15) is 5.76 Å². The number of carbonyl (C=O) groups excluding carboxylic acids is 1. The molecule has 108 valence electrons. The van der Waals surface area contributed by atoms with E-state index in [0.717, 1.165) is 9.26 Å². The lowest BCUT2D eigenvalue weighted by molar-refractivity contribution is 0.104. The molecule has 1 N–H and O–H groups in total. The van der Waals surface area contributed by atoms with Crippen LogP contribution in [0.3, 0.4) is 0 Å². The van der Waals surface area contributed by atoms with E-state index in [1.54, 1.807) is 24.3 Å². The molecule has 0 fully saturated rings. The van der Waals surface area contributed by atoms with Gasteiger partial charge in [-0.05, 0) is 59.0 Å². The van der Waals surface area contributed by atoms with Crippen molar-refractivity contribution < 1.29 is 9.90 Å². The van der Waals surface area contributed by atoms with Crippen molar-refractivity contribution >= 4 is 39.8 Å². The number of aliphatic hydroxyl groups excluding tert-OH is 1. The first-order chi connectivity index (χ1) is 9.97. The Hall–Kier alpha value is -1.82. The number of carbonyl (C=O) groups is 1. The van der Waals surface area contributed by atoms with E-state index < -0.39 is 0 Å². The Labute approximate surface area is 138 Å². The highest BCUT2D eigenvalue weighted by molar-refractivity contribution is 14.1. The Morgan fingerprint density at radius 1 is 1.00 bits per heavy atom. The summed E-state index contributed by atoms with van der Waals surface area (Å²) in [6.07, 6.45) is 1.26. The van der Waals surface area contributed by atoms with Crippen LogP contribution in [0.5, 0.6) is 0 Å². The van der Waals surface area contributed by atoms with E-state index in [2.05, 4.69) is 22.6 Å². The van der Waals surface area contributed by atoms with Crippen LogP contribution in [0.4, 0.5) is 5.69 Å². The Morgan fingerprint density at radius 2 is 1.52 bits per heavy atom. The summed E-state index contributed by atoms with van der Waals surface area (Å²) < 4.78 is 1.07. The van der Waals surface area contributed by atoms with Crippen molar-refractivity contribution in [3.05, 3.63) is 69.3 Å². The lowest BCUT2D eigenvalue weighted by atomic mass is 10.1. The zero-order valence-corrected chi connectivity index (χ0v) is 14.0. The molecule has 0 aliphatic heterocycles. The van der Waals surface area contributed by atoms with E-state index in [9.17, 15) is 9.90 Å². The Morgan fingerprint density at radius 3 is 2.05 bits per heavy atom. The molecule has 0 saturated carbocycles. The van der Waals surface area contributed by atoms with Crippen molar-refractivity contribution in [1.29, 1.82) is 0 Å². The molecule has 0 radical (unpaired) electrons. The molecule has 0 bridgehead atoms. The van der Waals surface area contributed by atoms with Gasteiger partial charge in [-0.25, -0.2) is 0 Å². The zero-order chi connectivity index (χ0) is 15.4. The van der Waals surface area contributed by atoms with Gasteiger partial charge >= 0.3 is 0 Å². The lowest BCUT2D eigenvalue weighted by Crippen LogP contribution is -2.08. The van der Waals surface area contributed by atoms with Gasteiger partial charge in [0.25, 0.3) is 0 Å². The number of hydrogen-bond acceptors (Lipinski definition) is 3. The maximum absolute atomic E-state index is 12.1. The van der Waals surface area contributed by atoms with Crippen molar-refractivity contribution in [2.24, 2.45) is 0 Å². The second-order valence-corrected chi connectivity index (χ2v) is 6.09. The summed E-state index contributed by atoms with van der Waals surface area (Å²) in [5, 5.41) is 10.1. The van der Waals surface area contributed by atoms with Crippen molar-refractivity contribution in [1.82, 2.24) is 0 Å². The summed E-state index contributed by atoms with van der Waals surface area (Å²) in [5.41, 5.74) is 2.22. The van der Waals surface area contributed by atoms with E-state index in [4.69, 9.17) is 0 Å². The van der Waals surface area contributed by atoms with E-state index in [1.165, 1.54) is 6.08 Å². The van der Waals surface area contributed by atoms with Gasteiger partial charge in [0, 0.05) is 40.6 Å². The standard InChI is InChI=1S/C17H16INO2/c1-19(2)15-9-5-13(6-10-15)17(21)11-16(20)12-3-7-14(18)8-4-12/h3-11,21H,1-2H3/b17-11-. The third kappa shape index (κ3) is 4.07. The molecule has 0 atom stereocenters. The van der Waals surface area contributed by atoms with Gasteiger partial charge in [0.15, 0.2) is 5.78 Å². The van der Waals surface area contributed by atoms with Crippen LogP contribution in [-0.2, 0) is 0 Å². The zero-order valence-electron chi connectivity index (χ0n) is 11.9. The number of rotatable bonds is 4. The molecule has 0 unspecified atom stereocenters. The molecule has 21 heavy (non-hydrogen) atoms. The van der Waals surface area contributed by atoms with Crippen LogP contribution >= 0.6 is 22.6 Å². The Balaban J connectivity index is 2.20. The van der Waals surface area contributed by atoms with Crippen LogP contribution in [0.25, 0.3) is 5.76 Å². The Kier molecular flexibility index (Phi) is 5.01. The maximum Gasteiger partial charge on any atom is 0.189 e. The van der Waals surface area contributed by atoms with E-state index in [0.29, 0.717) is 11.1 Å². The summed E-state index contributed by atoms with van der Waals surface area (Å²) >= 11 is 2.18. The molecule has 0 aliphatic carbocycles. The average Bonchev–Trinajstić information content (AvgIpc) is 2.47. The largest absolute Gasteiger partial charge is 0.507 e. The summed E-state index contributed by atoms with van der Waals surface area (Å²) in [4.78, 5) is 14.0. The van der Waals surface area contributed by atoms with Gasteiger partial charge in [0.05, 0.1) is 0 Å². The summed E-state index contributed by atoms with van der Waals surface area (Å²) in [6.45, 7) is 0. The van der Waals surface area contributed by atoms with E-state index >= 15 is 0 Å². The molecule has 2 rings (SSSR count). The van der Waals surface area contributed by atoms with Crippen LogP contribution in [0.15, 0.2) is 54.6 Å². The van der Waals surface area contributed by atoms with Crippen LogP contribution in [0.1, 0.15) is 15.9 Å². The van der Waals surface area contributed by atoms with Gasteiger partial charge in [0.2, 0.25) is 0 Å². The quantitative estimate of drug-likeness (QED) is 0.368. The topological polar surface area (TPSA) is 40.5 Å². The molecule has 0 saturated heterocycles. The van der Waals surface area contributed by atoms with Crippen molar-refractivity contribution in [3.63, 3.8) is 0 Å². The fraction of sp³-hybridized carbons (Fsp3) is 0.118. The second kappa shape index (κ2) is 6.76. The SMILES string of the molecule is CN(C)c1ccc(/C(O)=C/C(=O)c2ccc(I)cc2)cc1. The smallest absolute Gasteiger partial charge is 0.189 e. The fourth-order valence-corrected chi connectivity index (χ4v) is 2.19. The van der Waals surface area contributed by atoms with Crippen LogP contribution < -0.4 is 4.90 Å². The predicted octanol–water partition coefficient (Wildman–Crippen LogP) is 4.14. The van der Waals surface area contributed by atoms with Crippen molar-refractivity contribution in [2.45, 2.75) is 0 Å². The summed E-state index contributed by atoms with van der Waals surface area (Å²) in [5.74, 6) is -0.232. The number of halogens is 1. The minimum atomic E-state index is -0.208. The minimum absolute atomic E-state index is 0.0242. The number of aliphatic hydroxyl groups is 1. The van der Waals surface area contributed by atoms with Gasteiger partial charge in [-0.1, -0.05) is 12.1 Å². The fourth-order valence-electron chi connectivity index (χ4n) is 1.84. The van der Waals surface area contributed by atoms with E-state index in [1.807, 2.05) is 43.3 Å². The van der Waals surface area contributed by atoms with Crippen LogP contribution in [-0.4, -0.2) is 25.0 Å². The summed E-state index contributed by atoms with van der Waals surface area (Å²) in [7, 11) is 3.90. The van der Waals surface area contributed by atoms with Crippen LogP contribution in [0.2, 0.25) is 0 Å². The first kappa shape index (κ1) is 15.6. The molecular formula is C17H16INO2. The van der Waals surface area contributed by atoms with Gasteiger partial charge < -0.3 is 10.0 Å². The van der Waals surface area contributed by atoms with Crippen molar-refractivity contribution in [2.75, 3.05) is 19.0 Å². The van der Waals surface area contributed by atoms with E-state index in [-0.39, 0.29) is 11.5 Å². The van der Waals surface area contributed by atoms with Crippen molar-refractivity contribution in [3.8, 4) is 0 Å². The number of anilines is 1. The molecular weight excluding hydrogens is 377 g/mol. The number of ketones is 1. The van der Waals surface area contributed by atoms with Gasteiger partial charge in [-0.3, -0.25) is 4.79 Å². The molecule has 4 heteroatoms. The number of hydrogen-bond donors (Lipinski definition) is 1. The normalized spacial score (nSPS) is 11.3. The highest BCUT2D eigenvalue weighted by Crippen LogP contribution is 2.18. The average molecular weight is 393 g/mol. The molecule has 0 aliphatic rings. The molecule has 0 heterocycles. The first-order valence-electron chi connectivity index (χ1n) is 6.45. The van der Waals surface area contributed by atoms with Crippen LogP contribution in [0, 0.1) is 3.57 Å². The Bertz CT molecular complexity index is 658. The molecule has 0 aromatic heterocycles. The lowest BCUT2D eigenvalue weighted by Gasteiger charge is -2.12. The molecule has 0 amide bonds. The first-order valence-corrected chi connectivity index (χ1v) is 7.53. The second-order valence-electron chi connectivity index (χ2n) is 4.84. The third-order valence-electron chi connectivity index (χ3n) is 3.08. The predicted molar refractivity (Wildman–Crippen MR) is 94.9 cm³/mol. The molecule has 3 nitrogen and oxygen atoms in total. The molecule has 0 spiro atoms. The maximum atomic E-state index is 12.1. The number of benzene rings is 2. The molecule has 2 aromatic rings.